The van der Waals surface area contributed by atoms with Crippen molar-refractivity contribution in [3.63, 3.8) is 0 Å². The molecular weight excluding hydrogens is 461 g/mol. The van der Waals surface area contributed by atoms with E-state index in [0.29, 0.717) is 6.07 Å². The van der Waals surface area contributed by atoms with Crippen LogP contribution in [-0.4, -0.2) is 30.8 Å². The zero-order valence-corrected chi connectivity index (χ0v) is 21.1. The number of hydrogen-bond acceptors (Lipinski definition) is 3. The first-order chi connectivity index (χ1) is 15.2. The number of hydrogen-bond donors (Lipinski definition) is 2. The molecule has 0 aromatic heterocycles. The van der Waals surface area contributed by atoms with E-state index >= 15 is 0 Å². The Balaban J connectivity index is 0.00000306. The molecule has 5 nitrogen and oxygen atoms in total. The first kappa shape index (κ1) is 25.5. The van der Waals surface area contributed by atoms with Gasteiger partial charge in [0.25, 0.3) is 0 Å². The molecule has 0 unspecified atom stereocenters. The number of aromatic carboxylic acids is 1. The van der Waals surface area contributed by atoms with Gasteiger partial charge in [-0.2, -0.15) is 0 Å². The summed E-state index contributed by atoms with van der Waals surface area (Å²) in [5, 5.41) is 11.4. The van der Waals surface area contributed by atoms with E-state index in [1.807, 2.05) is 48.5 Å². The SMILES string of the molecule is Cc1c(NC(=O)OCC2c3ccccc3-c3ccccc32)cc(C(=O)O)cc1[B-](F)(F)F.[K+]. The van der Waals surface area contributed by atoms with E-state index in [9.17, 15) is 22.5 Å². The van der Waals surface area contributed by atoms with E-state index in [2.05, 4.69) is 5.32 Å². The molecule has 33 heavy (non-hydrogen) atoms. The van der Waals surface area contributed by atoms with Crippen LogP contribution in [0.2, 0.25) is 0 Å². The molecule has 164 valence electrons. The smallest absolute Gasteiger partial charge is 0.478 e. The van der Waals surface area contributed by atoms with Crippen molar-refractivity contribution in [3.8, 4) is 11.1 Å². The molecular formula is C23H18BF3KNO4. The predicted octanol–water partition coefficient (Wildman–Crippen LogP) is 2.11. The third-order valence-corrected chi connectivity index (χ3v) is 5.63. The molecule has 2 N–H and O–H groups in total. The minimum absolute atomic E-state index is 0. The second kappa shape index (κ2) is 10.0. The van der Waals surface area contributed by atoms with Gasteiger partial charge in [0.2, 0.25) is 0 Å². The van der Waals surface area contributed by atoms with Crippen molar-refractivity contribution in [2.75, 3.05) is 11.9 Å². The number of carboxylic acid groups (broad SMARTS) is 1. The van der Waals surface area contributed by atoms with Crippen molar-refractivity contribution in [3.05, 3.63) is 82.9 Å². The van der Waals surface area contributed by atoms with Crippen molar-refractivity contribution in [1.29, 1.82) is 0 Å². The molecule has 0 atom stereocenters. The number of fused-ring (bicyclic) bond motifs is 3. The van der Waals surface area contributed by atoms with E-state index in [-0.39, 0.29) is 75.2 Å². The van der Waals surface area contributed by atoms with Crippen molar-refractivity contribution in [2.45, 2.75) is 12.8 Å². The molecule has 1 amide bonds. The van der Waals surface area contributed by atoms with E-state index in [0.717, 1.165) is 28.3 Å². The maximum absolute atomic E-state index is 13.4. The molecule has 1 aliphatic rings. The van der Waals surface area contributed by atoms with Gasteiger partial charge in [-0.15, -0.1) is 5.46 Å². The van der Waals surface area contributed by atoms with Crippen LogP contribution in [0.25, 0.3) is 11.1 Å². The Morgan fingerprint density at radius 3 is 2.06 bits per heavy atom. The van der Waals surface area contributed by atoms with Crippen LogP contribution in [0, 0.1) is 6.92 Å². The zero-order valence-electron chi connectivity index (χ0n) is 17.9. The summed E-state index contributed by atoms with van der Waals surface area (Å²) in [6.45, 7) is -4.31. The van der Waals surface area contributed by atoms with E-state index < -0.39 is 30.1 Å². The molecule has 0 spiro atoms. The van der Waals surface area contributed by atoms with Crippen LogP contribution in [0.1, 0.15) is 33.0 Å². The van der Waals surface area contributed by atoms with Gasteiger partial charge in [-0.25, -0.2) is 9.59 Å². The quantitative estimate of drug-likeness (QED) is 0.550. The van der Waals surface area contributed by atoms with E-state index in [1.54, 1.807) is 0 Å². The van der Waals surface area contributed by atoms with Crippen LogP contribution in [0.3, 0.4) is 0 Å². The molecule has 10 heteroatoms. The normalized spacial score (nSPS) is 12.4. The molecule has 1 aliphatic carbocycles. The number of anilines is 1. The molecule has 0 aliphatic heterocycles. The van der Waals surface area contributed by atoms with Crippen LogP contribution < -0.4 is 62.2 Å². The van der Waals surface area contributed by atoms with Crippen LogP contribution in [-0.2, 0) is 4.74 Å². The Kier molecular flexibility index (Phi) is 7.75. The summed E-state index contributed by atoms with van der Waals surface area (Å²) < 4.78 is 45.5. The minimum Gasteiger partial charge on any atom is -0.478 e. The number of benzene rings is 3. The molecule has 0 radical (unpaired) electrons. The summed E-state index contributed by atoms with van der Waals surface area (Å²) in [7, 11) is 0. The van der Waals surface area contributed by atoms with Crippen LogP contribution in [0.4, 0.5) is 23.4 Å². The van der Waals surface area contributed by atoms with Crippen LogP contribution in [0.15, 0.2) is 60.7 Å². The Hall–Kier alpha value is -2.11. The maximum atomic E-state index is 13.4. The van der Waals surface area contributed by atoms with Gasteiger partial charge in [0.05, 0.1) is 5.56 Å². The van der Waals surface area contributed by atoms with Gasteiger partial charge < -0.3 is 22.8 Å². The van der Waals surface area contributed by atoms with E-state index in [4.69, 9.17) is 9.84 Å². The second-order valence-electron chi connectivity index (χ2n) is 7.57. The average Bonchev–Trinajstić information content (AvgIpc) is 3.06. The molecule has 0 fully saturated rings. The minimum atomic E-state index is -5.46. The molecule has 3 aromatic carbocycles. The maximum Gasteiger partial charge on any atom is 1.00 e. The van der Waals surface area contributed by atoms with Crippen molar-refractivity contribution in [1.82, 2.24) is 0 Å². The topological polar surface area (TPSA) is 75.6 Å². The van der Waals surface area contributed by atoms with E-state index in [1.165, 1.54) is 6.92 Å². The Labute approximate surface area is 230 Å². The standard InChI is InChI=1S/C23H18BF3NO4.K/c1-13-20(24(25,26)27)10-14(22(29)30)11-21(13)28-23(31)32-12-19-17-8-4-2-6-15(17)16-7-3-5-9-18(16)19;/h2-11,19H,12H2,1H3,(H,28,31)(H,29,30);/q-1;+1. The van der Waals surface area contributed by atoms with Gasteiger partial charge in [0.15, 0.2) is 0 Å². The number of carbonyl (C=O) groups excluding carboxylic acids is 1. The van der Waals surface area contributed by atoms with Gasteiger partial charge in [0, 0.05) is 11.6 Å². The number of halogens is 3. The number of carbonyl (C=O) groups is 2. The number of amides is 1. The number of nitrogens with one attached hydrogen (secondary N) is 1. The molecule has 4 rings (SSSR count). The molecule has 3 aromatic rings. The van der Waals surface area contributed by atoms with Crippen LogP contribution >= 0.6 is 0 Å². The van der Waals surface area contributed by atoms with Gasteiger partial charge >= 0.3 is 70.4 Å². The summed E-state index contributed by atoms with van der Waals surface area (Å²) >= 11 is 0. The van der Waals surface area contributed by atoms with Crippen LogP contribution in [0.5, 0.6) is 0 Å². The number of carboxylic acids is 1. The molecule has 0 saturated heterocycles. The fourth-order valence-corrected chi connectivity index (χ4v) is 4.07. The van der Waals surface area contributed by atoms with Gasteiger partial charge in [-0.05, 0) is 35.2 Å². The molecule has 0 saturated carbocycles. The third kappa shape index (κ3) is 5.20. The van der Waals surface area contributed by atoms with Gasteiger partial charge in [0.1, 0.15) is 6.61 Å². The largest absolute Gasteiger partial charge is 1.00 e. The monoisotopic (exact) mass is 479 g/mol. The van der Waals surface area contributed by atoms with Gasteiger partial charge in [-0.3, -0.25) is 5.32 Å². The molecule has 0 bridgehead atoms. The second-order valence-corrected chi connectivity index (χ2v) is 7.57. The summed E-state index contributed by atoms with van der Waals surface area (Å²) in [5.74, 6) is -1.74. The summed E-state index contributed by atoms with van der Waals surface area (Å²) in [6.07, 6.45) is -0.960. The van der Waals surface area contributed by atoms with Crippen molar-refractivity contribution in [2.24, 2.45) is 0 Å². The third-order valence-electron chi connectivity index (χ3n) is 5.63. The van der Waals surface area contributed by atoms with Gasteiger partial charge in [-0.1, -0.05) is 60.2 Å². The fraction of sp³-hybridized carbons (Fsp3) is 0.130. The molecule has 0 heterocycles. The summed E-state index contributed by atoms with van der Waals surface area (Å²) in [5.41, 5.74) is 1.91. The Morgan fingerprint density at radius 1 is 1.00 bits per heavy atom. The predicted molar refractivity (Wildman–Crippen MR) is 116 cm³/mol. The Morgan fingerprint density at radius 2 is 1.55 bits per heavy atom. The number of ether oxygens (including phenoxy) is 1. The first-order valence-corrected chi connectivity index (χ1v) is 9.86. The fourth-order valence-electron chi connectivity index (χ4n) is 4.07. The summed E-state index contributed by atoms with van der Waals surface area (Å²) in [4.78, 5) is 23.7. The first-order valence-electron chi connectivity index (χ1n) is 9.86. The summed E-state index contributed by atoms with van der Waals surface area (Å²) in [6, 6.07) is 17.0. The Bertz CT molecular complexity index is 1190. The average molecular weight is 479 g/mol. The van der Waals surface area contributed by atoms with Crippen molar-refractivity contribution >= 4 is 30.2 Å². The number of rotatable bonds is 5. The zero-order chi connectivity index (χ0) is 23.0. The van der Waals surface area contributed by atoms with Crippen molar-refractivity contribution < 1.29 is 83.8 Å².